The van der Waals surface area contributed by atoms with E-state index in [9.17, 15) is 4.39 Å². The first-order valence-corrected chi connectivity index (χ1v) is 5.68. The molecule has 18 heavy (non-hydrogen) atoms. The van der Waals surface area contributed by atoms with Crippen molar-refractivity contribution < 1.29 is 8.81 Å². The molecule has 1 aromatic carbocycles. The molecule has 0 amide bonds. The van der Waals surface area contributed by atoms with Crippen LogP contribution in [0.25, 0.3) is 0 Å². The molecule has 2 N–H and O–H groups in total. The molecule has 6 heteroatoms. The number of nitrogens with one attached hydrogen (secondary N) is 2. The Morgan fingerprint density at radius 3 is 2.94 bits per heavy atom. The Balaban J connectivity index is 1.96. The van der Waals surface area contributed by atoms with Gasteiger partial charge >= 0.3 is 6.01 Å². The molecule has 0 saturated carbocycles. The molecular weight excluding hydrogens is 235 g/mol. The molecule has 0 spiro atoms. The summed E-state index contributed by atoms with van der Waals surface area (Å²) in [5, 5.41) is 13.7. The van der Waals surface area contributed by atoms with Crippen molar-refractivity contribution in [2.75, 3.05) is 12.4 Å². The van der Waals surface area contributed by atoms with Gasteiger partial charge in [0.1, 0.15) is 5.82 Å². The number of halogens is 1. The lowest BCUT2D eigenvalue weighted by Crippen LogP contribution is -2.12. The van der Waals surface area contributed by atoms with Gasteiger partial charge in [-0.15, -0.1) is 5.10 Å². The van der Waals surface area contributed by atoms with Crippen molar-refractivity contribution in [3.63, 3.8) is 0 Å². The van der Waals surface area contributed by atoms with Crippen LogP contribution in [0.1, 0.15) is 24.4 Å². The van der Waals surface area contributed by atoms with E-state index in [0.717, 1.165) is 5.56 Å². The van der Waals surface area contributed by atoms with Crippen molar-refractivity contribution in [2.24, 2.45) is 0 Å². The van der Waals surface area contributed by atoms with Crippen LogP contribution >= 0.6 is 0 Å². The van der Waals surface area contributed by atoms with Crippen molar-refractivity contribution in [3.05, 3.63) is 41.5 Å². The lowest BCUT2D eigenvalue weighted by atomic mass is 10.2. The second-order valence-corrected chi connectivity index (χ2v) is 3.94. The van der Waals surface area contributed by atoms with E-state index in [-0.39, 0.29) is 11.9 Å². The quantitative estimate of drug-likeness (QED) is 0.850. The topological polar surface area (TPSA) is 63.0 Å². The number of hydrogen-bond acceptors (Lipinski definition) is 5. The first kappa shape index (κ1) is 12.5. The summed E-state index contributed by atoms with van der Waals surface area (Å²) in [6.07, 6.45) is 0. The summed E-state index contributed by atoms with van der Waals surface area (Å²) in [6, 6.07) is 6.68. The highest BCUT2D eigenvalue weighted by molar-refractivity contribution is 5.24. The van der Waals surface area contributed by atoms with Gasteiger partial charge in [0.15, 0.2) is 0 Å². The van der Waals surface area contributed by atoms with Crippen LogP contribution < -0.4 is 10.6 Å². The van der Waals surface area contributed by atoms with Crippen LogP contribution in [-0.2, 0) is 6.54 Å². The van der Waals surface area contributed by atoms with E-state index in [4.69, 9.17) is 4.42 Å². The SMILES string of the molecule is CNC(C)c1nnc(NCc2cccc(F)c2)o1. The Kier molecular flexibility index (Phi) is 3.88. The Morgan fingerprint density at radius 2 is 2.22 bits per heavy atom. The van der Waals surface area contributed by atoms with Crippen molar-refractivity contribution in [1.29, 1.82) is 0 Å². The molecule has 0 fully saturated rings. The number of hydrogen-bond donors (Lipinski definition) is 2. The predicted octanol–water partition coefficient (Wildman–Crippen LogP) is 2.10. The first-order valence-electron chi connectivity index (χ1n) is 5.68. The van der Waals surface area contributed by atoms with Crippen molar-refractivity contribution in [1.82, 2.24) is 15.5 Å². The van der Waals surface area contributed by atoms with Gasteiger partial charge in [0.25, 0.3) is 0 Å². The van der Waals surface area contributed by atoms with Gasteiger partial charge in [-0.3, -0.25) is 0 Å². The summed E-state index contributed by atoms with van der Waals surface area (Å²) in [5.41, 5.74) is 0.816. The number of rotatable bonds is 5. The lowest BCUT2D eigenvalue weighted by molar-refractivity contribution is 0.441. The van der Waals surface area contributed by atoms with Gasteiger partial charge in [0.2, 0.25) is 5.89 Å². The zero-order chi connectivity index (χ0) is 13.0. The summed E-state index contributed by atoms with van der Waals surface area (Å²) < 4.78 is 18.4. The molecule has 2 rings (SSSR count). The summed E-state index contributed by atoms with van der Waals surface area (Å²) in [7, 11) is 1.81. The number of nitrogens with zero attached hydrogens (tertiary/aromatic N) is 2. The molecule has 5 nitrogen and oxygen atoms in total. The molecule has 1 unspecified atom stereocenters. The van der Waals surface area contributed by atoms with Crippen LogP contribution in [0.2, 0.25) is 0 Å². The van der Waals surface area contributed by atoms with Gasteiger partial charge in [-0.25, -0.2) is 4.39 Å². The average Bonchev–Trinajstić information content (AvgIpc) is 2.84. The van der Waals surface area contributed by atoms with E-state index in [0.29, 0.717) is 18.5 Å². The van der Waals surface area contributed by atoms with Crippen LogP contribution in [0.3, 0.4) is 0 Å². The zero-order valence-corrected chi connectivity index (χ0v) is 10.3. The molecule has 1 heterocycles. The molecule has 1 aromatic heterocycles. The predicted molar refractivity (Wildman–Crippen MR) is 65.5 cm³/mol. The molecular formula is C12H15FN4O. The summed E-state index contributed by atoms with van der Waals surface area (Å²) in [4.78, 5) is 0. The standard InChI is InChI=1S/C12H15FN4O/c1-8(14-2)11-16-17-12(18-11)15-7-9-4-3-5-10(13)6-9/h3-6,8,14H,7H2,1-2H3,(H,15,17). The maximum atomic E-state index is 13.0. The minimum Gasteiger partial charge on any atom is -0.406 e. The fraction of sp³-hybridized carbons (Fsp3) is 0.333. The van der Waals surface area contributed by atoms with E-state index in [1.807, 2.05) is 20.0 Å². The molecule has 0 saturated heterocycles. The summed E-state index contributed by atoms with van der Waals surface area (Å²) in [5.74, 6) is 0.253. The van der Waals surface area contributed by atoms with Gasteiger partial charge in [0, 0.05) is 6.54 Å². The zero-order valence-electron chi connectivity index (χ0n) is 10.3. The molecule has 0 aliphatic heterocycles. The fourth-order valence-corrected chi connectivity index (χ4v) is 1.43. The maximum absolute atomic E-state index is 13.0. The van der Waals surface area contributed by atoms with E-state index in [2.05, 4.69) is 20.8 Å². The third kappa shape index (κ3) is 3.04. The third-order valence-corrected chi connectivity index (χ3v) is 2.58. The van der Waals surface area contributed by atoms with Crippen LogP contribution in [0.5, 0.6) is 0 Å². The summed E-state index contributed by atoms with van der Waals surface area (Å²) >= 11 is 0. The van der Waals surface area contributed by atoms with Crippen LogP contribution in [0.4, 0.5) is 10.4 Å². The van der Waals surface area contributed by atoms with E-state index >= 15 is 0 Å². The monoisotopic (exact) mass is 250 g/mol. The lowest BCUT2D eigenvalue weighted by Gasteiger charge is -2.03. The van der Waals surface area contributed by atoms with Crippen molar-refractivity contribution >= 4 is 6.01 Å². The molecule has 96 valence electrons. The van der Waals surface area contributed by atoms with Gasteiger partial charge in [-0.05, 0) is 31.7 Å². The number of anilines is 1. The minimum atomic E-state index is -0.260. The number of benzene rings is 1. The fourth-order valence-electron chi connectivity index (χ4n) is 1.43. The van der Waals surface area contributed by atoms with Gasteiger partial charge in [-0.1, -0.05) is 17.2 Å². The Bertz CT molecular complexity index is 514. The van der Waals surface area contributed by atoms with E-state index < -0.39 is 0 Å². The van der Waals surface area contributed by atoms with Crippen molar-refractivity contribution in [2.45, 2.75) is 19.5 Å². The second-order valence-electron chi connectivity index (χ2n) is 3.94. The molecule has 0 bridgehead atoms. The van der Waals surface area contributed by atoms with Gasteiger partial charge in [0.05, 0.1) is 6.04 Å². The van der Waals surface area contributed by atoms with Gasteiger partial charge < -0.3 is 15.1 Å². The highest BCUT2D eigenvalue weighted by Crippen LogP contribution is 2.14. The largest absolute Gasteiger partial charge is 0.406 e. The highest BCUT2D eigenvalue weighted by Gasteiger charge is 2.11. The molecule has 0 aliphatic rings. The van der Waals surface area contributed by atoms with Crippen LogP contribution in [0, 0.1) is 5.82 Å². The molecule has 1 atom stereocenters. The molecule has 0 aliphatic carbocycles. The highest BCUT2D eigenvalue weighted by atomic mass is 19.1. The molecule has 2 aromatic rings. The first-order chi connectivity index (χ1) is 8.69. The minimum absolute atomic E-state index is 0.00206. The Labute approximate surface area is 104 Å². The number of aromatic nitrogens is 2. The Hall–Kier alpha value is -1.95. The third-order valence-electron chi connectivity index (χ3n) is 2.58. The smallest absolute Gasteiger partial charge is 0.315 e. The van der Waals surface area contributed by atoms with E-state index in [1.54, 1.807) is 6.07 Å². The van der Waals surface area contributed by atoms with Crippen LogP contribution in [-0.4, -0.2) is 17.2 Å². The average molecular weight is 250 g/mol. The second kappa shape index (κ2) is 5.59. The normalized spacial score (nSPS) is 12.4. The molecule has 0 radical (unpaired) electrons. The van der Waals surface area contributed by atoms with Crippen LogP contribution in [0.15, 0.2) is 28.7 Å². The van der Waals surface area contributed by atoms with E-state index in [1.165, 1.54) is 12.1 Å². The van der Waals surface area contributed by atoms with Gasteiger partial charge in [-0.2, -0.15) is 0 Å². The Morgan fingerprint density at radius 1 is 1.39 bits per heavy atom. The summed E-state index contributed by atoms with van der Waals surface area (Å²) in [6.45, 7) is 2.36. The van der Waals surface area contributed by atoms with Crippen molar-refractivity contribution in [3.8, 4) is 0 Å². The maximum Gasteiger partial charge on any atom is 0.315 e.